The average molecular weight is 321 g/mol. The highest BCUT2D eigenvalue weighted by molar-refractivity contribution is 6.74. The minimum absolute atomic E-state index is 0.0480. The number of rotatable bonds is 8. The quantitative estimate of drug-likeness (QED) is 0.461. The van der Waals surface area contributed by atoms with Gasteiger partial charge in [-0.05, 0) is 37.0 Å². The summed E-state index contributed by atoms with van der Waals surface area (Å²) in [5, 5.41) is 0.208. The first-order chi connectivity index (χ1) is 10.2. The second-order valence-corrected chi connectivity index (χ2v) is 12.2. The van der Waals surface area contributed by atoms with Crippen molar-refractivity contribution >= 4 is 8.32 Å². The van der Waals surface area contributed by atoms with Crippen LogP contribution in [0.25, 0.3) is 0 Å². The van der Waals surface area contributed by atoms with Crippen molar-refractivity contribution in [3.05, 3.63) is 48.6 Å². The van der Waals surface area contributed by atoms with E-state index in [0.29, 0.717) is 6.61 Å². The zero-order valence-electron chi connectivity index (χ0n) is 15.1. The molecule has 0 radical (unpaired) electrons. The van der Waals surface area contributed by atoms with Gasteiger partial charge in [-0.15, -0.1) is 6.58 Å². The van der Waals surface area contributed by atoms with E-state index in [0.717, 1.165) is 6.42 Å². The first-order valence-corrected chi connectivity index (χ1v) is 11.0. The van der Waals surface area contributed by atoms with Gasteiger partial charge in [0, 0.05) is 0 Å². The Labute approximate surface area is 137 Å². The summed E-state index contributed by atoms with van der Waals surface area (Å²) in [4.78, 5) is 0. The summed E-state index contributed by atoms with van der Waals surface area (Å²) in [6, 6.07) is 10.3. The maximum atomic E-state index is 6.47. The fraction of sp³-hybridized carbons (Fsp3) is 0.579. The lowest BCUT2D eigenvalue weighted by molar-refractivity contribution is -0.0305. The van der Waals surface area contributed by atoms with Crippen molar-refractivity contribution in [2.45, 2.75) is 71.1 Å². The molecule has 0 amide bonds. The third-order valence-corrected chi connectivity index (χ3v) is 9.09. The molecule has 0 saturated carbocycles. The van der Waals surface area contributed by atoms with E-state index in [-0.39, 0.29) is 17.2 Å². The van der Waals surface area contributed by atoms with E-state index in [1.807, 2.05) is 24.3 Å². The summed E-state index contributed by atoms with van der Waals surface area (Å²) in [7, 11) is -1.78. The number of benzene rings is 1. The van der Waals surface area contributed by atoms with Gasteiger partial charge in [0.1, 0.15) is 0 Å². The van der Waals surface area contributed by atoms with Crippen LogP contribution in [0, 0.1) is 0 Å². The molecule has 3 heteroatoms. The molecule has 0 N–H and O–H groups in total. The largest absolute Gasteiger partial charge is 0.412 e. The Morgan fingerprint density at radius 3 is 2.27 bits per heavy atom. The summed E-state index contributed by atoms with van der Waals surface area (Å²) in [5.41, 5.74) is 1.19. The van der Waals surface area contributed by atoms with Gasteiger partial charge in [-0.2, -0.15) is 0 Å². The fourth-order valence-corrected chi connectivity index (χ4v) is 3.49. The highest BCUT2D eigenvalue weighted by Crippen LogP contribution is 2.38. The van der Waals surface area contributed by atoms with Crippen molar-refractivity contribution in [3.63, 3.8) is 0 Å². The van der Waals surface area contributed by atoms with E-state index < -0.39 is 8.32 Å². The molecule has 0 aliphatic carbocycles. The first kappa shape index (κ1) is 19.1. The topological polar surface area (TPSA) is 18.5 Å². The van der Waals surface area contributed by atoms with Crippen molar-refractivity contribution < 1.29 is 9.16 Å². The molecule has 0 aliphatic rings. The molecule has 0 unspecified atom stereocenters. The third-order valence-electron chi connectivity index (χ3n) is 4.52. The normalized spacial score (nSPS) is 15.4. The van der Waals surface area contributed by atoms with Gasteiger partial charge in [0.05, 0.1) is 18.8 Å². The van der Waals surface area contributed by atoms with Gasteiger partial charge in [-0.25, -0.2) is 0 Å². The zero-order chi connectivity index (χ0) is 16.8. The van der Waals surface area contributed by atoms with Crippen LogP contribution in [-0.2, 0) is 15.8 Å². The van der Waals surface area contributed by atoms with E-state index in [9.17, 15) is 0 Å². The summed E-state index contributed by atoms with van der Waals surface area (Å²) < 4.78 is 12.6. The smallest absolute Gasteiger partial charge is 0.192 e. The van der Waals surface area contributed by atoms with Gasteiger partial charge in [0.2, 0.25) is 0 Å². The highest BCUT2D eigenvalue weighted by atomic mass is 28.4. The van der Waals surface area contributed by atoms with Crippen LogP contribution in [0.5, 0.6) is 0 Å². The molecule has 1 aromatic carbocycles. The molecule has 0 aromatic heterocycles. The van der Waals surface area contributed by atoms with Crippen LogP contribution in [0.4, 0.5) is 0 Å². The predicted octanol–water partition coefficient (Wildman–Crippen LogP) is 5.56. The van der Waals surface area contributed by atoms with Crippen LogP contribution in [0.2, 0.25) is 18.1 Å². The number of ether oxygens (including phenoxy) is 1. The van der Waals surface area contributed by atoms with Crippen molar-refractivity contribution in [1.29, 1.82) is 0 Å². The number of hydrogen-bond donors (Lipinski definition) is 0. The van der Waals surface area contributed by atoms with Gasteiger partial charge in [0.15, 0.2) is 8.32 Å². The monoisotopic (exact) mass is 320 g/mol. The minimum atomic E-state index is -1.78. The zero-order valence-corrected chi connectivity index (χ0v) is 16.1. The van der Waals surface area contributed by atoms with Crippen LogP contribution in [0.1, 0.15) is 39.7 Å². The molecule has 0 saturated heterocycles. The predicted molar refractivity (Wildman–Crippen MR) is 97.6 cm³/mol. The van der Waals surface area contributed by atoms with Crippen molar-refractivity contribution in [2.75, 3.05) is 0 Å². The SMILES string of the molecule is C=CC[C@@H](OCc1ccccc1)[C@H](C)O[Si](C)(C)C(C)(C)C. The Morgan fingerprint density at radius 2 is 1.77 bits per heavy atom. The molecule has 1 rings (SSSR count). The highest BCUT2D eigenvalue weighted by Gasteiger charge is 2.39. The summed E-state index contributed by atoms with van der Waals surface area (Å²) in [5.74, 6) is 0. The average Bonchev–Trinajstić information content (AvgIpc) is 2.42. The van der Waals surface area contributed by atoms with Crippen LogP contribution >= 0.6 is 0 Å². The van der Waals surface area contributed by atoms with Crippen molar-refractivity contribution in [3.8, 4) is 0 Å². The van der Waals surface area contributed by atoms with Gasteiger partial charge < -0.3 is 9.16 Å². The minimum Gasteiger partial charge on any atom is -0.412 e. The molecular formula is C19H32O2Si. The summed E-state index contributed by atoms with van der Waals surface area (Å²) >= 11 is 0. The molecule has 1 aromatic rings. The molecular weight excluding hydrogens is 288 g/mol. The standard InChI is InChI=1S/C19H32O2Si/c1-8-12-18(20-15-17-13-10-9-11-14-17)16(2)21-22(6,7)19(3,4)5/h8-11,13-14,16,18H,1,12,15H2,2-7H3/t16-,18+/m0/s1. The molecule has 0 fully saturated rings. The Morgan fingerprint density at radius 1 is 1.18 bits per heavy atom. The van der Waals surface area contributed by atoms with Crippen LogP contribution in [0.3, 0.4) is 0 Å². The van der Waals surface area contributed by atoms with Gasteiger partial charge >= 0.3 is 0 Å². The van der Waals surface area contributed by atoms with Crippen molar-refractivity contribution in [1.82, 2.24) is 0 Å². The lowest BCUT2D eigenvalue weighted by atomic mass is 10.1. The lowest BCUT2D eigenvalue weighted by Crippen LogP contribution is -2.46. The molecule has 0 bridgehead atoms. The van der Waals surface area contributed by atoms with E-state index in [1.54, 1.807) is 0 Å². The van der Waals surface area contributed by atoms with Gasteiger partial charge in [-0.3, -0.25) is 0 Å². The van der Waals surface area contributed by atoms with Crippen LogP contribution in [-0.4, -0.2) is 20.5 Å². The lowest BCUT2D eigenvalue weighted by Gasteiger charge is -2.40. The van der Waals surface area contributed by atoms with Crippen LogP contribution < -0.4 is 0 Å². The van der Waals surface area contributed by atoms with Gasteiger partial charge in [0.25, 0.3) is 0 Å². The fourth-order valence-electron chi connectivity index (χ4n) is 2.05. The first-order valence-electron chi connectivity index (χ1n) is 8.11. The third kappa shape index (κ3) is 5.71. The molecule has 2 nitrogen and oxygen atoms in total. The molecule has 2 atom stereocenters. The Kier molecular flexibility index (Phi) is 7.04. The van der Waals surface area contributed by atoms with E-state index >= 15 is 0 Å². The van der Waals surface area contributed by atoms with Gasteiger partial charge in [-0.1, -0.05) is 57.2 Å². The van der Waals surface area contributed by atoms with E-state index in [1.165, 1.54) is 5.56 Å². The summed E-state index contributed by atoms with van der Waals surface area (Å²) in [6.07, 6.45) is 2.85. The molecule has 0 spiro atoms. The maximum absolute atomic E-state index is 6.47. The molecule has 0 aliphatic heterocycles. The number of hydrogen-bond acceptors (Lipinski definition) is 2. The van der Waals surface area contributed by atoms with Crippen molar-refractivity contribution in [2.24, 2.45) is 0 Å². The Bertz CT molecular complexity index is 448. The second-order valence-electron chi connectivity index (χ2n) is 7.44. The Hall–Kier alpha value is -0.903. The molecule has 0 heterocycles. The second kappa shape index (κ2) is 8.09. The molecule has 124 valence electrons. The van der Waals surface area contributed by atoms with E-state index in [4.69, 9.17) is 9.16 Å². The maximum Gasteiger partial charge on any atom is 0.192 e. The summed E-state index contributed by atoms with van der Waals surface area (Å²) in [6.45, 7) is 18.0. The van der Waals surface area contributed by atoms with Crippen LogP contribution in [0.15, 0.2) is 43.0 Å². The Balaban J connectivity index is 2.67. The van der Waals surface area contributed by atoms with E-state index in [2.05, 4.69) is 59.5 Å². The molecule has 22 heavy (non-hydrogen) atoms.